The van der Waals surface area contributed by atoms with Crippen molar-refractivity contribution in [3.05, 3.63) is 60.8 Å². The number of benzene rings is 2. The SMILES string of the molecule is CCN(CC)c1c[n+](C)c(/N=N/c2c(-c3ccccc3)n(C)c3ccccc23)s1.[Br-]. The smallest absolute Gasteiger partial charge is 0.410 e. The van der Waals surface area contributed by atoms with Gasteiger partial charge in [0.05, 0.1) is 23.4 Å². The summed E-state index contributed by atoms with van der Waals surface area (Å²) in [6.45, 7) is 6.31. The summed E-state index contributed by atoms with van der Waals surface area (Å²) in [6, 6.07) is 18.8. The lowest BCUT2D eigenvalue weighted by Gasteiger charge is -2.16. The zero-order chi connectivity index (χ0) is 20.4. The van der Waals surface area contributed by atoms with Gasteiger partial charge in [0.25, 0.3) is 0 Å². The average Bonchev–Trinajstić information content (AvgIpc) is 3.25. The molecule has 156 valence electrons. The topological polar surface area (TPSA) is 36.8 Å². The summed E-state index contributed by atoms with van der Waals surface area (Å²) in [5.41, 5.74) is 4.28. The Hall–Kier alpha value is -2.51. The summed E-state index contributed by atoms with van der Waals surface area (Å²) in [7, 11) is 4.12. The number of fused-ring (bicyclic) bond motifs is 1. The Morgan fingerprint density at radius 1 is 0.967 bits per heavy atom. The molecular weight excluding hydrogens is 458 g/mol. The molecule has 30 heavy (non-hydrogen) atoms. The predicted molar refractivity (Wildman–Crippen MR) is 122 cm³/mol. The number of hydrogen-bond donors (Lipinski definition) is 0. The maximum atomic E-state index is 4.76. The first-order valence-electron chi connectivity index (χ1n) is 9.93. The van der Waals surface area contributed by atoms with E-state index in [4.69, 9.17) is 5.11 Å². The molecule has 0 spiro atoms. The Balaban J connectivity index is 0.00000256. The highest BCUT2D eigenvalue weighted by molar-refractivity contribution is 7.18. The fourth-order valence-electron chi connectivity index (χ4n) is 3.68. The number of aromatic nitrogens is 2. The van der Waals surface area contributed by atoms with Gasteiger partial charge < -0.3 is 26.4 Å². The van der Waals surface area contributed by atoms with Crippen LogP contribution in [0.2, 0.25) is 0 Å². The molecule has 0 amide bonds. The summed E-state index contributed by atoms with van der Waals surface area (Å²) >= 11 is 1.67. The first-order chi connectivity index (χ1) is 14.1. The van der Waals surface area contributed by atoms with E-state index in [2.05, 4.69) is 94.8 Å². The highest BCUT2D eigenvalue weighted by atomic mass is 79.9. The first-order valence-corrected chi connectivity index (χ1v) is 10.7. The average molecular weight is 484 g/mol. The van der Waals surface area contributed by atoms with E-state index in [1.807, 2.05) is 13.1 Å². The van der Waals surface area contributed by atoms with Crippen LogP contribution in [0.15, 0.2) is 71.0 Å². The van der Waals surface area contributed by atoms with Crippen molar-refractivity contribution in [1.82, 2.24) is 4.57 Å². The summed E-state index contributed by atoms with van der Waals surface area (Å²) in [4.78, 5) is 2.33. The van der Waals surface area contributed by atoms with Crippen molar-refractivity contribution in [3.8, 4) is 11.3 Å². The van der Waals surface area contributed by atoms with Crippen molar-refractivity contribution in [2.45, 2.75) is 13.8 Å². The molecule has 0 bridgehead atoms. The number of para-hydroxylation sites is 1. The molecule has 2 aromatic carbocycles. The quantitative estimate of drug-likeness (QED) is 0.306. The lowest BCUT2D eigenvalue weighted by Crippen LogP contribution is -3.00. The van der Waals surface area contributed by atoms with Gasteiger partial charge in [0.15, 0.2) is 0 Å². The van der Waals surface area contributed by atoms with Crippen LogP contribution in [0.1, 0.15) is 13.8 Å². The molecule has 0 saturated carbocycles. The van der Waals surface area contributed by atoms with Gasteiger partial charge in [0, 0.05) is 31.1 Å². The highest BCUT2D eigenvalue weighted by Crippen LogP contribution is 2.40. The Bertz CT molecular complexity index is 1160. The van der Waals surface area contributed by atoms with Crippen molar-refractivity contribution in [1.29, 1.82) is 0 Å². The van der Waals surface area contributed by atoms with Crippen LogP contribution in [0, 0.1) is 0 Å². The molecule has 0 radical (unpaired) electrons. The molecule has 7 heteroatoms. The van der Waals surface area contributed by atoms with Crippen LogP contribution in [0.4, 0.5) is 15.8 Å². The van der Waals surface area contributed by atoms with Crippen molar-refractivity contribution in [2.75, 3.05) is 18.0 Å². The molecule has 0 fully saturated rings. The second-order valence-electron chi connectivity index (χ2n) is 6.97. The van der Waals surface area contributed by atoms with Crippen molar-refractivity contribution < 1.29 is 21.5 Å². The van der Waals surface area contributed by atoms with Crippen LogP contribution in [-0.4, -0.2) is 17.7 Å². The van der Waals surface area contributed by atoms with Crippen molar-refractivity contribution in [2.24, 2.45) is 24.3 Å². The molecule has 4 rings (SSSR count). The maximum Gasteiger partial charge on any atom is 0.410 e. The van der Waals surface area contributed by atoms with Gasteiger partial charge in [-0.1, -0.05) is 48.5 Å². The van der Waals surface area contributed by atoms with Gasteiger partial charge in [-0.15, -0.1) is 0 Å². The normalized spacial score (nSPS) is 11.2. The lowest BCUT2D eigenvalue weighted by atomic mass is 10.1. The van der Waals surface area contributed by atoms with Crippen LogP contribution >= 0.6 is 11.3 Å². The highest BCUT2D eigenvalue weighted by Gasteiger charge is 2.20. The van der Waals surface area contributed by atoms with E-state index in [9.17, 15) is 0 Å². The number of hydrogen-bond acceptors (Lipinski definition) is 4. The van der Waals surface area contributed by atoms with Crippen LogP contribution in [0.5, 0.6) is 0 Å². The third-order valence-electron chi connectivity index (χ3n) is 5.24. The molecule has 0 unspecified atom stereocenters. The molecule has 0 N–H and O–H groups in total. The number of aryl methyl sites for hydroxylation is 2. The van der Waals surface area contributed by atoms with Gasteiger partial charge in [-0.25, -0.2) is 4.57 Å². The molecule has 0 aliphatic rings. The number of anilines is 1. The minimum Gasteiger partial charge on any atom is -1.00 e. The van der Waals surface area contributed by atoms with Gasteiger partial charge in [-0.2, -0.15) is 0 Å². The standard InChI is InChI=1S/C23H26N5S.BrH/c1-5-28(6-2)20-16-26(3)23(29-20)25-24-21-18-14-10-11-15-19(18)27(4)22(21)17-12-8-7-9-13-17;/h7-16H,5-6H2,1-4H3;1H/q+1;/p-1. The second-order valence-corrected chi connectivity index (χ2v) is 7.96. The molecule has 0 atom stereocenters. The number of thiazole rings is 1. The van der Waals surface area contributed by atoms with Crippen LogP contribution in [0.25, 0.3) is 22.2 Å². The van der Waals surface area contributed by atoms with Gasteiger partial charge >= 0.3 is 5.13 Å². The van der Waals surface area contributed by atoms with Crippen molar-refractivity contribution in [3.63, 3.8) is 0 Å². The van der Waals surface area contributed by atoms with E-state index in [1.54, 1.807) is 11.3 Å². The fraction of sp³-hybridized carbons (Fsp3) is 0.261. The number of rotatable bonds is 6. The summed E-state index contributed by atoms with van der Waals surface area (Å²) in [5.74, 6) is 0. The Morgan fingerprint density at radius 2 is 1.63 bits per heavy atom. The van der Waals surface area contributed by atoms with E-state index >= 15 is 0 Å². The van der Waals surface area contributed by atoms with E-state index in [0.717, 1.165) is 46.1 Å². The van der Waals surface area contributed by atoms with Crippen LogP contribution in [-0.2, 0) is 14.1 Å². The third-order valence-corrected chi connectivity index (χ3v) is 6.36. The molecule has 5 nitrogen and oxygen atoms in total. The van der Waals surface area contributed by atoms with Gasteiger partial charge in [-0.05, 0) is 36.4 Å². The Morgan fingerprint density at radius 3 is 2.33 bits per heavy atom. The van der Waals surface area contributed by atoms with Gasteiger partial charge in [-0.3, -0.25) is 0 Å². The number of nitrogens with zero attached hydrogens (tertiary/aromatic N) is 5. The fourth-order valence-corrected chi connectivity index (χ4v) is 4.74. The first kappa shape index (κ1) is 22.2. The zero-order valence-electron chi connectivity index (χ0n) is 17.7. The monoisotopic (exact) mass is 483 g/mol. The molecule has 0 aliphatic heterocycles. The van der Waals surface area contributed by atoms with Gasteiger partial charge in [0.1, 0.15) is 16.9 Å². The van der Waals surface area contributed by atoms with Gasteiger partial charge in [0.2, 0.25) is 0 Å². The summed E-state index contributed by atoms with van der Waals surface area (Å²) in [6.07, 6.45) is 2.13. The second kappa shape index (κ2) is 9.53. The van der Waals surface area contributed by atoms with Crippen LogP contribution < -0.4 is 26.4 Å². The van der Waals surface area contributed by atoms with E-state index in [1.165, 1.54) is 5.00 Å². The summed E-state index contributed by atoms with van der Waals surface area (Å²) < 4.78 is 4.25. The van der Waals surface area contributed by atoms with E-state index < -0.39 is 0 Å². The summed E-state index contributed by atoms with van der Waals surface area (Å²) in [5, 5.41) is 12.6. The predicted octanol–water partition coefficient (Wildman–Crippen LogP) is 3.00. The van der Waals surface area contributed by atoms with Crippen molar-refractivity contribution >= 4 is 38.1 Å². The molecule has 2 aromatic heterocycles. The van der Waals surface area contributed by atoms with Crippen LogP contribution in [0.3, 0.4) is 0 Å². The molecular formula is C23H26BrN5S. The number of halogens is 1. The largest absolute Gasteiger partial charge is 1.00 e. The molecule has 2 heterocycles. The zero-order valence-corrected chi connectivity index (χ0v) is 20.1. The number of azo groups is 1. The lowest BCUT2D eigenvalue weighted by molar-refractivity contribution is -0.653. The van der Waals surface area contributed by atoms with E-state index in [0.29, 0.717) is 0 Å². The maximum absolute atomic E-state index is 4.76. The minimum atomic E-state index is 0. The van der Waals surface area contributed by atoms with E-state index in [-0.39, 0.29) is 17.0 Å². The minimum absolute atomic E-state index is 0. The Kier molecular flexibility index (Phi) is 7.05. The Labute approximate surface area is 192 Å². The molecule has 0 saturated heterocycles. The molecule has 4 aromatic rings. The molecule has 0 aliphatic carbocycles. The third kappa shape index (κ3) is 4.04.